The van der Waals surface area contributed by atoms with Crippen LogP contribution in [0.1, 0.15) is 39.5 Å². The Hall–Kier alpha value is 0.310. The van der Waals surface area contributed by atoms with Crippen LogP contribution in [-0.2, 0) is 11.1 Å². The topological polar surface area (TPSA) is 26.0 Å². The zero-order valence-electron chi connectivity index (χ0n) is 7.23. The lowest BCUT2D eigenvalue weighted by molar-refractivity contribution is 0.872. The van der Waals surface area contributed by atoms with E-state index >= 15 is 0 Å². The van der Waals surface area contributed by atoms with E-state index in [1.165, 1.54) is 37.2 Å². The summed E-state index contributed by atoms with van der Waals surface area (Å²) in [4.78, 5) is 0. The van der Waals surface area contributed by atoms with Gasteiger partial charge in [0.2, 0.25) is 0 Å². The molecule has 2 N–H and O–H groups in total. The molecule has 0 aromatic heterocycles. The van der Waals surface area contributed by atoms with Gasteiger partial charge in [-0.3, -0.25) is 0 Å². The van der Waals surface area contributed by atoms with E-state index in [4.69, 9.17) is 5.14 Å². The van der Waals surface area contributed by atoms with Crippen molar-refractivity contribution in [1.29, 1.82) is 0 Å². The monoisotopic (exact) mass is 162 g/mol. The Morgan fingerprint density at radius 1 is 1.00 bits per heavy atom. The molecule has 0 aromatic rings. The molecule has 0 fully saturated rings. The molecule has 0 saturated carbocycles. The van der Waals surface area contributed by atoms with Gasteiger partial charge in [-0.25, -0.2) is 0 Å². The van der Waals surface area contributed by atoms with E-state index in [0.717, 1.165) is 0 Å². The summed E-state index contributed by atoms with van der Waals surface area (Å²) in [6.45, 7) is 4.44. The highest BCUT2D eigenvalue weighted by Crippen LogP contribution is 1.98. The second-order valence-electron chi connectivity index (χ2n) is 2.65. The van der Waals surface area contributed by atoms with Crippen molar-refractivity contribution in [3.63, 3.8) is 0 Å². The van der Waals surface area contributed by atoms with Crippen molar-refractivity contribution in [3.8, 4) is 0 Å². The Morgan fingerprint density at radius 2 is 1.40 bits per heavy atom. The van der Waals surface area contributed by atoms with Gasteiger partial charge in [0.1, 0.15) is 11.5 Å². The van der Waals surface area contributed by atoms with Gasteiger partial charge in [-0.1, -0.05) is 26.7 Å². The first-order valence-corrected chi connectivity index (χ1v) is 5.85. The van der Waals surface area contributed by atoms with Crippen molar-refractivity contribution in [2.75, 3.05) is 11.5 Å². The molecule has 0 atom stereocenters. The van der Waals surface area contributed by atoms with Crippen molar-refractivity contribution >= 4 is 11.1 Å². The van der Waals surface area contributed by atoms with Gasteiger partial charge in [0.25, 0.3) is 0 Å². The standard InChI is InChI=1S/C8H20NS/c1-3-5-7-10(9)8-6-4-2/h3-9H2,1-2H3/q+1. The molecule has 0 aromatic carbocycles. The number of rotatable bonds is 6. The third-order valence-electron chi connectivity index (χ3n) is 1.52. The van der Waals surface area contributed by atoms with Gasteiger partial charge in [-0.15, -0.1) is 0 Å². The first-order valence-electron chi connectivity index (χ1n) is 4.23. The fraction of sp³-hybridized carbons (Fsp3) is 1.00. The molecule has 0 heterocycles. The van der Waals surface area contributed by atoms with E-state index in [2.05, 4.69) is 13.8 Å². The Bertz CT molecular complexity index is 58.3. The summed E-state index contributed by atoms with van der Waals surface area (Å²) in [5, 5.41) is 5.87. The summed E-state index contributed by atoms with van der Waals surface area (Å²) in [6, 6.07) is 0. The minimum absolute atomic E-state index is 0.230. The smallest absolute Gasteiger partial charge is 0.127 e. The minimum atomic E-state index is 0.230. The average Bonchev–Trinajstić information content (AvgIpc) is 1.97. The maximum absolute atomic E-state index is 5.87. The Balaban J connectivity index is 3.00. The van der Waals surface area contributed by atoms with Gasteiger partial charge >= 0.3 is 0 Å². The first kappa shape index (κ1) is 10.3. The zero-order chi connectivity index (χ0) is 7.82. The molecule has 0 spiro atoms. The minimum Gasteiger partial charge on any atom is -0.151 e. The molecule has 1 nitrogen and oxygen atoms in total. The third-order valence-corrected chi connectivity index (χ3v) is 3.15. The van der Waals surface area contributed by atoms with Crippen LogP contribution >= 0.6 is 0 Å². The fourth-order valence-electron chi connectivity index (χ4n) is 0.762. The Kier molecular flexibility index (Phi) is 7.65. The van der Waals surface area contributed by atoms with E-state index in [1.54, 1.807) is 0 Å². The predicted molar refractivity (Wildman–Crippen MR) is 51.1 cm³/mol. The second kappa shape index (κ2) is 7.42. The molecule has 0 bridgehead atoms. The maximum atomic E-state index is 5.87. The molecule has 62 valence electrons. The van der Waals surface area contributed by atoms with Crippen LogP contribution in [0.15, 0.2) is 0 Å². The summed E-state index contributed by atoms with van der Waals surface area (Å²) in [7, 11) is 0. The average molecular weight is 162 g/mol. The maximum Gasteiger partial charge on any atom is 0.127 e. The number of hydrogen-bond acceptors (Lipinski definition) is 1. The first-order chi connectivity index (χ1) is 4.81. The van der Waals surface area contributed by atoms with Gasteiger partial charge in [-0.2, -0.15) is 5.14 Å². The van der Waals surface area contributed by atoms with Crippen LogP contribution in [-0.4, -0.2) is 11.5 Å². The zero-order valence-corrected chi connectivity index (χ0v) is 8.04. The lowest BCUT2D eigenvalue weighted by atomic mass is 10.4. The van der Waals surface area contributed by atoms with Gasteiger partial charge in [0, 0.05) is 0 Å². The summed E-state index contributed by atoms with van der Waals surface area (Å²) in [6.07, 6.45) is 5.19. The molecule has 0 aliphatic heterocycles. The molecular weight excluding hydrogens is 142 g/mol. The molecule has 0 radical (unpaired) electrons. The molecule has 0 unspecified atom stereocenters. The Morgan fingerprint density at radius 3 is 1.70 bits per heavy atom. The van der Waals surface area contributed by atoms with Crippen LogP contribution in [0.3, 0.4) is 0 Å². The third kappa shape index (κ3) is 6.43. The van der Waals surface area contributed by atoms with Crippen LogP contribution in [0.4, 0.5) is 0 Å². The van der Waals surface area contributed by atoms with E-state index in [9.17, 15) is 0 Å². The highest BCUT2D eigenvalue weighted by Gasteiger charge is 2.08. The lowest BCUT2D eigenvalue weighted by Crippen LogP contribution is -2.21. The molecule has 10 heavy (non-hydrogen) atoms. The van der Waals surface area contributed by atoms with Gasteiger partial charge in [0.15, 0.2) is 0 Å². The summed E-state index contributed by atoms with van der Waals surface area (Å²) >= 11 is 0.230. The molecule has 0 aliphatic rings. The van der Waals surface area contributed by atoms with Crippen LogP contribution in [0.5, 0.6) is 0 Å². The van der Waals surface area contributed by atoms with Crippen LogP contribution in [0.2, 0.25) is 0 Å². The van der Waals surface area contributed by atoms with E-state index in [1.807, 2.05) is 0 Å². The number of nitrogens with two attached hydrogens (primary N) is 1. The molecule has 0 aliphatic carbocycles. The van der Waals surface area contributed by atoms with E-state index in [-0.39, 0.29) is 11.1 Å². The second-order valence-corrected chi connectivity index (χ2v) is 4.54. The normalized spacial score (nSPS) is 10.8. The molecular formula is C8H20NS+. The quantitative estimate of drug-likeness (QED) is 0.595. The number of hydrogen-bond donors (Lipinski definition) is 1. The lowest BCUT2D eigenvalue weighted by Gasteiger charge is -1.98. The van der Waals surface area contributed by atoms with Crippen LogP contribution in [0, 0.1) is 0 Å². The van der Waals surface area contributed by atoms with Crippen molar-refractivity contribution in [3.05, 3.63) is 0 Å². The molecule has 0 amide bonds. The molecule has 0 saturated heterocycles. The largest absolute Gasteiger partial charge is 0.151 e. The van der Waals surface area contributed by atoms with Crippen molar-refractivity contribution in [2.45, 2.75) is 39.5 Å². The Labute approximate surface area is 67.9 Å². The summed E-state index contributed by atoms with van der Waals surface area (Å²) < 4.78 is 0. The van der Waals surface area contributed by atoms with Crippen molar-refractivity contribution in [1.82, 2.24) is 0 Å². The highest BCUT2D eigenvalue weighted by molar-refractivity contribution is 7.94. The van der Waals surface area contributed by atoms with Crippen LogP contribution in [0.25, 0.3) is 0 Å². The number of unbranched alkanes of at least 4 members (excludes halogenated alkanes) is 2. The molecule has 2 heteroatoms. The van der Waals surface area contributed by atoms with E-state index in [0.29, 0.717) is 0 Å². The predicted octanol–water partition coefficient (Wildman–Crippen LogP) is 2.08. The van der Waals surface area contributed by atoms with Gasteiger partial charge in [-0.05, 0) is 12.8 Å². The van der Waals surface area contributed by atoms with Gasteiger partial charge < -0.3 is 0 Å². The molecule has 0 rings (SSSR count). The highest BCUT2D eigenvalue weighted by atomic mass is 32.2. The van der Waals surface area contributed by atoms with Gasteiger partial charge in [0.05, 0.1) is 11.1 Å². The fourth-order valence-corrected chi connectivity index (χ4v) is 2.28. The van der Waals surface area contributed by atoms with Crippen molar-refractivity contribution < 1.29 is 0 Å². The SMILES string of the molecule is CCCC[S+](N)CCCC. The summed E-state index contributed by atoms with van der Waals surface area (Å²) in [5.41, 5.74) is 0. The van der Waals surface area contributed by atoms with E-state index < -0.39 is 0 Å². The summed E-state index contributed by atoms with van der Waals surface area (Å²) in [5.74, 6) is 2.49. The van der Waals surface area contributed by atoms with Crippen molar-refractivity contribution in [2.24, 2.45) is 5.14 Å². The van der Waals surface area contributed by atoms with Crippen LogP contribution < -0.4 is 5.14 Å².